The molecule has 1 unspecified atom stereocenters. The van der Waals surface area contributed by atoms with E-state index in [0.29, 0.717) is 12.8 Å². The van der Waals surface area contributed by atoms with Gasteiger partial charge in [-0.3, -0.25) is 9.59 Å². The minimum absolute atomic E-state index is 0.111. The van der Waals surface area contributed by atoms with E-state index in [4.69, 9.17) is 9.47 Å². The maximum atomic E-state index is 12.2. The Morgan fingerprint density at radius 2 is 0.690 bits per heavy atom. The third-order valence-electron chi connectivity index (χ3n) is 8.63. The number of aliphatic hydroxyl groups excluding tert-OH is 1. The molecule has 5 nitrogen and oxygen atoms in total. The Labute approximate surface area is 355 Å². The van der Waals surface area contributed by atoms with Crippen molar-refractivity contribution in [3.63, 3.8) is 0 Å². The highest BCUT2D eigenvalue weighted by molar-refractivity contribution is 5.70. The van der Waals surface area contributed by atoms with Gasteiger partial charge in [0.15, 0.2) is 6.10 Å². The summed E-state index contributed by atoms with van der Waals surface area (Å²) in [6.07, 6.45) is 72.0. The zero-order valence-corrected chi connectivity index (χ0v) is 36.5. The summed E-state index contributed by atoms with van der Waals surface area (Å²) < 4.78 is 10.6. The number of esters is 2. The van der Waals surface area contributed by atoms with Gasteiger partial charge in [-0.1, -0.05) is 173 Å². The molecule has 0 saturated carbocycles. The molecule has 0 bridgehead atoms. The summed E-state index contributed by atoms with van der Waals surface area (Å²) in [5.74, 6) is -0.687. The van der Waals surface area contributed by atoms with Crippen LogP contribution in [0.1, 0.15) is 155 Å². The van der Waals surface area contributed by atoms with Gasteiger partial charge in [-0.2, -0.15) is 0 Å². The van der Waals surface area contributed by atoms with Gasteiger partial charge in [0.25, 0.3) is 0 Å². The molecular formula is C53H80O5. The lowest BCUT2D eigenvalue weighted by Crippen LogP contribution is -2.28. The quantitative estimate of drug-likeness (QED) is 0.0383. The monoisotopic (exact) mass is 797 g/mol. The third kappa shape index (κ3) is 44.5. The number of carbonyl (C=O) groups excluding carboxylic acids is 2. The molecule has 322 valence electrons. The van der Waals surface area contributed by atoms with E-state index in [9.17, 15) is 14.7 Å². The van der Waals surface area contributed by atoms with Crippen LogP contribution in [0.3, 0.4) is 0 Å². The lowest BCUT2D eigenvalue weighted by Gasteiger charge is -2.15. The van der Waals surface area contributed by atoms with Crippen LogP contribution < -0.4 is 0 Å². The maximum absolute atomic E-state index is 12.2. The first-order valence-electron chi connectivity index (χ1n) is 22.4. The molecule has 0 aliphatic rings. The number of ether oxygens (including phenoxy) is 2. The van der Waals surface area contributed by atoms with Crippen LogP contribution in [-0.2, 0) is 19.1 Å². The number of carbonyl (C=O) groups is 2. The second kappa shape index (κ2) is 47.2. The number of hydrogen-bond donors (Lipinski definition) is 1. The fourth-order valence-electron chi connectivity index (χ4n) is 5.32. The zero-order valence-electron chi connectivity index (χ0n) is 36.5. The summed E-state index contributed by atoms with van der Waals surface area (Å²) in [5, 5.41) is 9.59. The summed E-state index contributed by atoms with van der Waals surface area (Å²) in [7, 11) is 0. The van der Waals surface area contributed by atoms with Crippen LogP contribution >= 0.6 is 0 Å². The molecule has 0 rings (SSSR count). The Hall–Kier alpha value is -4.22. The molecule has 58 heavy (non-hydrogen) atoms. The molecule has 0 aromatic rings. The van der Waals surface area contributed by atoms with Crippen molar-refractivity contribution in [2.75, 3.05) is 13.2 Å². The number of rotatable bonds is 38. The van der Waals surface area contributed by atoms with Gasteiger partial charge in [0.1, 0.15) is 6.61 Å². The average Bonchev–Trinajstić information content (AvgIpc) is 3.23. The van der Waals surface area contributed by atoms with Crippen LogP contribution in [0.15, 0.2) is 146 Å². The molecule has 0 radical (unpaired) electrons. The van der Waals surface area contributed by atoms with Crippen molar-refractivity contribution in [2.45, 2.75) is 161 Å². The van der Waals surface area contributed by atoms with Gasteiger partial charge in [-0.25, -0.2) is 0 Å². The lowest BCUT2D eigenvalue weighted by molar-refractivity contribution is -0.161. The fourth-order valence-corrected chi connectivity index (χ4v) is 5.32. The first-order chi connectivity index (χ1) is 28.6. The molecule has 0 aromatic heterocycles. The summed E-state index contributed by atoms with van der Waals surface area (Å²) in [5.41, 5.74) is 0. The summed E-state index contributed by atoms with van der Waals surface area (Å²) in [6.45, 7) is 3.83. The van der Waals surface area contributed by atoms with Crippen LogP contribution in [0.5, 0.6) is 0 Å². The van der Waals surface area contributed by atoms with Gasteiger partial charge in [-0.05, 0) is 116 Å². The van der Waals surface area contributed by atoms with E-state index in [1.54, 1.807) is 0 Å². The van der Waals surface area contributed by atoms with Crippen LogP contribution in [-0.4, -0.2) is 36.4 Å². The van der Waals surface area contributed by atoms with E-state index < -0.39 is 6.10 Å². The first-order valence-corrected chi connectivity index (χ1v) is 22.4. The van der Waals surface area contributed by atoms with Crippen molar-refractivity contribution in [1.29, 1.82) is 0 Å². The smallest absolute Gasteiger partial charge is 0.306 e. The maximum Gasteiger partial charge on any atom is 0.306 e. The van der Waals surface area contributed by atoms with E-state index in [0.717, 1.165) is 128 Å². The summed E-state index contributed by atoms with van der Waals surface area (Å²) in [4.78, 5) is 24.4. The minimum Gasteiger partial charge on any atom is -0.462 e. The Morgan fingerprint density at radius 3 is 1.05 bits per heavy atom. The topological polar surface area (TPSA) is 72.8 Å². The van der Waals surface area contributed by atoms with Crippen molar-refractivity contribution < 1.29 is 24.2 Å². The molecule has 0 amide bonds. The second-order valence-corrected chi connectivity index (χ2v) is 14.0. The zero-order chi connectivity index (χ0) is 42.1. The highest BCUT2D eigenvalue weighted by atomic mass is 16.6. The summed E-state index contributed by atoms with van der Waals surface area (Å²) in [6, 6.07) is 0. The molecule has 0 spiro atoms. The average molecular weight is 797 g/mol. The lowest BCUT2D eigenvalue weighted by atomic mass is 10.1. The van der Waals surface area contributed by atoms with Gasteiger partial charge in [0, 0.05) is 12.8 Å². The van der Waals surface area contributed by atoms with Crippen molar-refractivity contribution in [1.82, 2.24) is 0 Å². The van der Waals surface area contributed by atoms with Crippen LogP contribution in [0.4, 0.5) is 0 Å². The molecule has 1 N–H and O–H groups in total. The van der Waals surface area contributed by atoms with Crippen molar-refractivity contribution in [3.05, 3.63) is 146 Å². The molecule has 0 saturated heterocycles. The Balaban J connectivity index is 3.75. The van der Waals surface area contributed by atoms with Gasteiger partial charge in [0.05, 0.1) is 6.61 Å². The summed E-state index contributed by atoms with van der Waals surface area (Å²) >= 11 is 0. The highest BCUT2D eigenvalue weighted by Crippen LogP contribution is 2.09. The predicted molar refractivity (Wildman–Crippen MR) is 251 cm³/mol. The van der Waals surface area contributed by atoms with Crippen LogP contribution in [0.25, 0.3) is 0 Å². The molecule has 0 fully saturated rings. The van der Waals surface area contributed by atoms with E-state index in [1.807, 2.05) is 0 Å². The standard InChI is InChI=1S/C53H80O5/c1-3-5-7-9-11-13-15-17-19-21-23-25-26-28-30-32-34-36-38-40-42-44-46-48-53(56)58-51(49-54)50-57-52(55)47-45-43-41-39-37-35-33-31-29-27-24-22-20-18-16-14-12-10-8-6-4-2/h5-8,11-14,17-20,23-25,27-28,30-31,33-34,36-37,39,51,54H,3-4,9-10,15-16,21-22,26,29,32,35,38,40-50H2,1-2H3/b7-5-,8-6-,13-11-,14-12-,19-17-,20-18-,25-23-,27-24-,30-28-,33-31-,36-34-,39-37-. The molecule has 0 aromatic carbocycles. The molecule has 1 atom stereocenters. The van der Waals surface area contributed by atoms with E-state index in [-0.39, 0.29) is 25.2 Å². The Bertz CT molecular complexity index is 1310. The highest BCUT2D eigenvalue weighted by Gasteiger charge is 2.16. The number of unbranched alkanes of at least 4 members (excludes halogenated alkanes) is 6. The molecular weight excluding hydrogens is 717 g/mol. The van der Waals surface area contributed by atoms with Crippen molar-refractivity contribution in [2.24, 2.45) is 0 Å². The SMILES string of the molecule is CC/C=C\C/C=C\C/C=C\C/C=C\C/C=C\C/C=C\CCCCCCC(=O)OC(CO)COC(=O)CCCC/C=C\C/C=C\C/C=C\C/C=C\C/C=C\C/C=C\CC. The number of hydrogen-bond acceptors (Lipinski definition) is 5. The Kier molecular flexibility index (Phi) is 43.7. The van der Waals surface area contributed by atoms with Crippen LogP contribution in [0.2, 0.25) is 0 Å². The second-order valence-electron chi connectivity index (χ2n) is 14.0. The number of aliphatic hydroxyl groups is 1. The van der Waals surface area contributed by atoms with Crippen LogP contribution in [0, 0.1) is 0 Å². The molecule has 0 heterocycles. The van der Waals surface area contributed by atoms with E-state index in [1.165, 1.54) is 0 Å². The molecule has 5 heteroatoms. The molecule has 0 aliphatic carbocycles. The first kappa shape index (κ1) is 53.8. The van der Waals surface area contributed by atoms with Gasteiger partial charge in [-0.15, -0.1) is 0 Å². The van der Waals surface area contributed by atoms with Gasteiger partial charge < -0.3 is 14.6 Å². The predicted octanol–water partition coefficient (Wildman–Crippen LogP) is 14.7. The minimum atomic E-state index is -0.816. The normalized spacial score (nSPS) is 13.6. The Morgan fingerprint density at radius 1 is 0.397 bits per heavy atom. The molecule has 0 aliphatic heterocycles. The fraction of sp³-hybridized carbons (Fsp3) is 0.509. The van der Waals surface area contributed by atoms with Crippen molar-refractivity contribution in [3.8, 4) is 0 Å². The van der Waals surface area contributed by atoms with Gasteiger partial charge in [0.2, 0.25) is 0 Å². The third-order valence-corrected chi connectivity index (χ3v) is 8.63. The van der Waals surface area contributed by atoms with Gasteiger partial charge >= 0.3 is 11.9 Å². The largest absolute Gasteiger partial charge is 0.462 e. The number of allylic oxidation sites excluding steroid dienone is 24. The van der Waals surface area contributed by atoms with E-state index >= 15 is 0 Å². The van der Waals surface area contributed by atoms with E-state index in [2.05, 4.69) is 160 Å². The van der Waals surface area contributed by atoms with Crippen molar-refractivity contribution >= 4 is 11.9 Å².